The Morgan fingerprint density at radius 3 is 3.06 bits per heavy atom. The van der Waals surface area contributed by atoms with Crippen LogP contribution < -0.4 is 5.32 Å². The Bertz CT molecular complexity index is 302. The maximum Gasteiger partial charge on any atom is 0.0580 e. The number of hydrogen-bond donors (Lipinski definition) is 2. The average molecular weight is 220 g/mol. The molecule has 3 heteroatoms. The van der Waals surface area contributed by atoms with E-state index in [2.05, 4.69) is 16.4 Å². The van der Waals surface area contributed by atoms with Crippen LogP contribution in [0.5, 0.6) is 0 Å². The summed E-state index contributed by atoms with van der Waals surface area (Å²) in [7, 11) is 0. The monoisotopic (exact) mass is 220 g/mol. The summed E-state index contributed by atoms with van der Waals surface area (Å²) in [5.74, 6) is 0.467. The number of aliphatic hydroxyl groups excluding tert-OH is 1. The zero-order valence-electron chi connectivity index (χ0n) is 9.60. The Hall–Kier alpha value is -0.930. The molecule has 1 aromatic rings. The molecule has 1 aliphatic rings. The molecular formula is C13H20N2O. The van der Waals surface area contributed by atoms with Crippen LogP contribution in [-0.4, -0.2) is 29.3 Å². The van der Waals surface area contributed by atoms with Crippen molar-refractivity contribution in [3.8, 4) is 0 Å². The SMILES string of the molecule is OC1CCCC1CNCCc1cccnc1. The summed E-state index contributed by atoms with van der Waals surface area (Å²) in [6.45, 7) is 1.91. The molecule has 1 aliphatic carbocycles. The van der Waals surface area contributed by atoms with Gasteiger partial charge in [0, 0.05) is 18.9 Å². The summed E-state index contributed by atoms with van der Waals surface area (Å²) in [4.78, 5) is 4.09. The largest absolute Gasteiger partial charge is 0.393 e. The fraction of sp³-hybridized carbons (Fsp3) is 0.615. The molecule has 0 aromatic carbocycles. The molecule has 1 heterocycles. The number of nitrogens with one attached hydrogen (secondary N) is 1. The third-order valence-corrected chi connectivity index (χ3v) is 3.34. The maximum absolute atomic E-state index is 9.66. The van der Waals surface area contributed by atoms with Crippen molar-refractivity contribution in [2.24, 2.45) is 5.92 Å². The van der Waals surface area contributed by atoms with Gasteiger partial charge in [0.15, 0.2) is 0 Å². The highest BCUT2D eigenvalue weighted by Gasteiger charge is 2.24. The average Bonchev–Trinajstić information content (AvgIpc) is 2.72. The summed E-state index contributed by atoms with van der Waals surface area (Å²) in [6, 6.07) is 4.06. The zero-order chi connectivity index (χ0) is 11.2. The van der Waals surface area contributed by atoms with Crippen LogP contribution in [0.4, 0.5) is 0 Å². The first kappa shape index (κ1) is 11.6. The highest BCUT2D eigenvalue weighted by molar-refractivity contribution is 5.08. The van der Waals surface area contributed by atoms with Crippen molar-refractivity contribution in [3.63, 3.8) is 0 Å². The Kier molecular flexibility index (Phi) is 4.31. The number of hydrogen-bond acceptors (Lipinski definition) is 3. The van der Waals surface area contributed by atoms with Gasteiger partial charge in [0.2, 0.25) is 0 Å². The lowest BCUT2D eigenvalue weighted by Gasteiger charge is -2.14. The van der Waals surface area contributed by atoms with Crippen LogP contribution in [0, 0.1) is 5.92 Å². The van der Waals surface area contributed by atoms with Crippen LogP contribution in [0.15, 0.2) is 24.5 Å². The van der Waals surface area contributed by atoms with E-state index in [9.17, 15) is 5.11 Å². The first-order valence-electron chi connectivity index (χ1n) is 6.14. The molecule has 1 saturated carbocycles. The summed E-state index contributed by atoms with van der Waals surface area (Å²) in [5, 5.41) is 13.1. The fourth-order valence-electron chi connectivity index (χ4n) is 2.32. The van der Waals surface area contributed by atoms with Crippen molar-refractivity contribution in [2.75, 3.05) is 13.1 Å². The minimum Gasteiger partial charge on any atom is -0.393 e. The molecule has 2 atom stereocenters. The van der Waals surface area contributed by atoms with Gasteiger partial charge in [-0.1, -0.05) is 12.5 Å². The minimum absolute atomic E-state index is 0.0779. The second kappa shape index (κ2) is 5.97. The molecule has 0 aliphatic heterocycles. The fourth-order valence-corrected chi connectivity index (χ4v) is 2.32. The van der Waals surface area contributed by atoms with E-state index in [0.29, 0.717) is 5.92 Å². The van der Waals surface area contributed by atoms with Crippen molar-refractivity contribution in [1.29, 1.82) is 0 Å². The van der Waals surface area contributed by atoms with E-state index in [0.717, 1.165) is 25.9 Å². The van der Waals surface area contributed by atoms with Crippen LogP contribution in [0.2, 0.25) is 0 Å². The second-order valence-corrected chi connectivity index (χ2v) is 4.57. The molecule has 0 saturated heterocycles. The Morgan fingerprint density at radius 2 is 2.38 bits per heavy atom. The van der Waals surface area contributed by atoms with Crippen LogP contribution in [0.3, 0.4) is 0 Å². The van der Waals surface area contributed by atoms with Crippen LogP contribution in [-0.2, 0) is 6.42 Å². The van der Waals surface area contributed by atoms with E-state index in [1.165, 1.54) is 18.4 Å². The van der Waals surface area contributed by atoms with E-state index >= 15 is 0 Å². The quantitative estimate of drug-likeness (QED) is 0.737. The Labute approximate surface area is 96.9 Å². The highest BCUT2D eigenvalue weighted by atomic mass is 16.3. The number of aromatic nitrogens is 1. The molecule has 2 N–H and O–H groups in total. The van der Waals surface area contributed by atoms with E-state index < -0.39 is 0 Å². The predicted molar refractivity (Wildman–Crippen MR) is 64.2 cm³/mol. The van der Waals surface area contributed by atoms with Gasteiger partial charge in [-0.2, -0.15) is 0 Å². The molecule has 3 nitrogen and oxygen atoms in total. The molecule has 1 aromatic heterocycles. The molecular weight excluding hydrogens is 200 g/mol. The topological polar surface area (TPSA) is 45.1 Å². The van der Waals surface area contributed by atoms with Crippen molar-refractivity contribution >= 4 is 0 Å². The summed E-state index contributed by atoms with van der Waals surface area (Å²) < 4.78 is 0. The van der Waals surface area contributed by atoms with Gasteiger partial charge < -0.3 is 10.4 Å². The number of aliphatic hydroxyl groups is 1. The summed E-state index contributed by atoms with van der Waals surface area (Å²) in [5.41, 5.74) is 1.27. The molecule has 0 amide bonds. The van der Waals surface area contributed by atoms with Crippen molar-refractivity contribution in [1.82, 2.24) is 10.3 Å². The van der Waals surface area contributed by atoms with Gasteiger partial charge >= 0.3 is 0 Å². The van der Waals surface area contributed by atoms with Crippen molar-refractivity contribution in [2.45, 2.75) is 31.8 Å². The predicted octanol–water partition coefficient (Wildman–Crippen LogP) is 1.37. The maximum atomic E-state index is 9.66. The highest BCUT2D eigenvalue weighted by Crippen LogP contribution is 2.24. The van der Waals surface area contributed by atoms with Gasteiger partial charge in [0.25, 0.3) is 0 Å². The first-order chi connectivity index (χ1) is 7.86. The summed E-state index contributed by atoms with van der Waals surface area (Å²) >= 11 is 0. The van der Waals surface area contributed by atoms with Crippen LogP contribution >= 0.6 is 0 Å². The van der Waals surface area contributed by atoms with E-state index in [-0.39, 0.29) is 6.10 Å². The molecule has 1 fully saturated rings. The molecule has 16 heavy (non-hydrogen) atoms. The van der Waals surface area contributed by atoms with Gasteiger partial charge in [0.1, 0.15) is 0 Å². The van der Waals surface area contributed by atoms with Gasteiger partial charge in [-0.15, -0.1) is 0 Å². The standard InChI is InChI=1S/C13H20N2O/c16-13-5-1-4-12(13)10-15-8-6-11-3-2-7-14-9-11/h2-3,7,9,12-13,15-16H,1,4-6,8,10H2. The number of nitrogens with zero attached hydrogens (tertiary/aromatic N) is 1. The van der Waals surface area contributed by atoms with E-state index in [1.54, 1.807) is 6.20 Å². The molecule has 88 valence electrons. The molecule has 2 unspecified atom stereocenters. The second-order valence-electron chi connectivity index (χ2n) is 4.57. The molecule has 0 radical (unpaired) electrons. The normalized spacial score (nSPS) is 24.8. The van der Waals surface area contributed by atoms with Gasteiger partial charge in [-0.25, -0.2) is 0 Å². The molecule has 0 bridgehead atoms. The molecule has 0 spiro atoms. The van der Waals surface area contributed by atoms with Crippen molar-refractivity contribution < 1.29 is 5.11 Å². The lowest BCUT2D eigenvalue weighted by Crippen LogP contribution is -2.29. The molecule has 2 rings (SSSR count). The number of rotatable bonds is 5. The van der Waals surface area contributed by atoms with Crippen molar-refractivity contribution in [3.05, 3.63) is 30.1 Å². The third-order valence-electron chi connectivity index (χ3n) is 3.34. The van der Waals surface area contributed by atoms with E-state index in [1.807, 2.05) is 12.3 Å². The zero-order valence-corrected chi connectivity index (χ0v) is 9.60. The summed E-state index contributed by atoms with van der Waals surface area (Å²) in [6.07, 6.45) is 7.96. The van der Waals surface area contributed by atoms with E-state index in [4.69, 9.17) is 0 Å². The van der Waals surface area contributed by atoms with Gasteiger partial charge in [-0.05, 0) is 43.4 Å². The first-order valence-corrected chi connectivity index (χ1v) is 6.14. The van der Waals surface area contributed by atoms with Gasteiger partial charge in [-0.3, -0.25) is 4.98 Å². The van der Waals surface area contributed by atoms with Crippen LogP contribution in [0.25, 0.3) is 0 Å². The minimum atomic E-state index is -0.0779. The smallest absolute Gasteiger partial charge is 0.0580 e. The third kappa shape index (κ3) is 3.29. The lowest BCUT2D eigenvalue weighted by atomic mass is 10.1. The Morgan fingerprint density at radius 1 is 1.44 bits per heavy atom. The van der Waals surface area contributed by atoms with Crippen LogP contribution in [0.1, 0.15) is 24.8 Å². The lowest BCUT2D eigenvalue weighted by molar-refractivity contribution is 0.132. The Balaban J connectivity index is 1.62. The number of pyridine rings is 1. The van der Waals surface area contributed by atoms with Gasteiger partial charge in [0.05, 0.1) is 6.10 Å².